The van der Waals surface area contributed by atoms with Crippen molar-refractivity contribution in [3.8, 4) is 0 Å². The standard InChI is InChI=1S/C23H34N2O6.C17H22N2O6.C11H16N2.C9H8O.C2H8N2.CN.CH2O3.B.7Na.H2O.H/c1-5-19-9-11-20(12-10-19)15-24(16-21(26)29-6-2)13-14-25(17-22(27)30-7-3)18-23(28)31-8-4;1-2-13-3-5-14(6-4-13)9-18(10-15(20)21)7-8-19(11-16(22)23)12-17(24)25;1-2-10-3-5-11(6-4-10)9-13-8-7-12;1-2-8-3-5-9(7-10)6-4-8;3-1-2-4;1-2;2-1-4-3;;;;;;;;;;/h5,9-12H,1,6-8,13-18H2,2-4H3;2-6H,1,7-12H2,(H,20,21)(H,22,23)(H,24,25);2-6,13H,1,7-9,12H2;2-7H,1H2;1-4H2;;1,3H;;;;;;;;;1H2;/q;;;;;-1;;;7*+1;;-1/p-5. The summed E-state index contributed by atoms with van der Waals surface area (Å²) in [6.07, 6.45) is 7.86. The minimum atomic E-state index is -1.42. The first kappa shape index (κ1) is 123. The topological polar surface area (TPSA) is 423 Å². The van der Waals surface area contributed by atoms with Crippen LogP contribution in [0.25, 0.3) is 24.3 Å². The van der Waals surface area contributed by atoms with E-state index in [1.807, 2.05) is 71.6 Å². The number of nitrogens with zero attached hydrogens (tertiary/aromatic N) is 5. The molecule has 3 radical (unpaired) electrons. The number of ether oxygens (including phenoxy) is 3. The number of esters is 3. The molecule has 0 spiro atoms. The van der Waals surface area contributed by atoms with Gasteiger partial charge in [0.2, 0.25) is 0 Å². The molecule has 4 aromatic rings. The number of carboxylic acid groups (broad SMARTS) is 3. The molecule has 0 heterocycles. The van der Waals surface area contributed by atoms with E-state index in [9.17, 15) is 48.9 Å². The van der Waals surface area contributed by atoms with E-state index in [0.29, 0.717) is 51.4 Å². The van der Waals surface area contributed by atoms with Crippen molar-refractivity contribution in [1.82, 2.24) is 24.9 Å². The number of benzene rings is 4. The third kappa shape index (κ3) is 72.3. The van der Waals surface area contributed by atoms with E-state index < -0.39 is 42.9 Å². The van der Waals surface area contributed by atoms with Crippen LogP contribution in [0.3, 0.4) is 0 Å². The third-order valence-corrected chi connectivity index (χ3v) is 11.1. The summed E-state index contributed by atoms with van der Waals surface area (Å²) < 4.78 is 15.1. The maximum Gasteiger partial charge on any atom is 1.00 e. The van der Waals surface area contributed by atoms with E-state index in [-0.39, 0.29) is 294 Å². The van der Waals surface area contributed by atoms with Crippen LogP contribution in [-0.2, 0) is 72.3 Å². The van der Waals surface area contributed by atoms with Crippen molar-refractivity contribution in [1.29, 1.82) is 5.26 Å². The molecule has 98 heavy (non-hydrogen) atoms. The minimum absolute atomic E-state index is 0. The van der Waals surface area contributed by atoms with Crippen molar-refractivity contribution >= 4 is 81.3 Å². The summed E-state index contributed by atoms with van der Waals surface area (Å²) in [7, 11) is 0. The van der Waals surface area contributed by atoms with Gasteiger partial charge in [0.25, 0.3) is 6.47 Å². The molecule has 0 saturated heterocycles. The average molecular weight is 1430 g/mol. The molecular formula is C64H88BN9Na7O17. The number of nitrogens with one attached hydrogen (secondary N) is 1. The van der Waals surface area contributed by atoms with Gasteiger partial charge in [-0.25, -0.2) is 0 Å². The second-order valence-electron chi connectivity index (χ2n) is 17.9. The van der Waals surface area contributed by atoms with E-state index in [2.05, 4.69) is 60.8 Å². The van der Waals surface area contributed by atoms with Crippen molar-refractivity contribution in [2.75, 3.05) is 111 Å². The molecule has 0 saturated carbocycles. The van der Waals surface area contributed by atoms with E-state index in [1.165, 1.54) is 10.5 Å². The fourth-order valence-corrected chi connectivity index (χ4v) is 6.99. The summed E-state index contributed by atoms with van der Waals surface area (Å²) >= 11 is 0. The molecule has 0 aliphatic heterocycles. The van der Waals surface area contributed by atoms with Gasteiger partial charge in [-0.2, -0.15) is 0 Å². The second-order valence-corrected chi connectivity index (χ2v) is 17.9. The summed E-state index contributed by atoms with van der Waals surface area (Å²) in [6.45, 7) is 29.2. The zero-order valence-corrected chi connectivity index (χ0v) is 73.2. The number of nitrogens with two attached hydrogens (primary N) is 3. The van der Waals surface area contributed by atoms with Gasteiger partial charge in [-0.1, -0.05) is 148 Å². The fourth-order valence-electron chi connectivity index (χ4n) is 6.99. The van der Waals surface area contributed by atoms with Crippen molar-refractivity contribution in [2.45, 2.75) is 40.4 Å². The Labute approximate surface area is 737 Å². The van der Waals surface area contributed by atoms with Gasteiger partial charge in [0.1, 0.15) is 6.29 Å². The quantitative estimate of drug-likeness (QED) is 0.00480. The van der Waals surface area contributed by atoms with Gasteiger partial charge in [0.15, 0.2) is 0 Å². The van der Waals surface area contributed by atoms with Crippen LogP contribution in [0.5, 0.6) is 0 Å². The van der Waals surface area contributed by atoms with Crippen LogP contribution < -0.4 is 250 Å². The first-order valence-corrected chi connectivity index (χ1v) is 27.8. The Bertz CT molecular complexity index is 2630. The number of hydrogen-bond donors (Lipinski definition) is 4. The van der Waals surface area contributed by atoms with Crippen molar-refractivity contribution in [3.63, 3.8) is 0 Å². The molecule has 0 atom stereocenters. The van der Waals surface area contributed by atoms with Gasteiger partial charge in [-0.05, 0) is 59.7 Å². The number of carbonyl (C=O) groups is 8. The van der Waals surface area contributed by atoms with Gasteiger partial charge in [0, 0.05) is 106 Å². The van der Waals surface area contributed by atoms with Crippen LogP contribution in [0.2, 0.25) is 0 Å². The normalized spacial score (nSPS) is 8.91. The molecule has 0 amide bonds. The Kier molecular flexibility index (Phi) is 107. The van der Waals surface area contributed by atoms with Crippen molar-refractivity contribution < 1.29 is 292 Å². The largest absolute Gasteiger partial charge is 1.00 e. The van der Waals surface area contributed by atoms with Gasteiger partial charge >= 0.3 is 225 Å². The molecule has 26 nitrogen and oxygen atoms in total. The van der Waals surface area contributed by atoms with E-state index in [0.717, 1.165) is 57.7 Å². The number of aliphatic carboxylic acids is 3. The molecule has 0 bridgehead atoms. The van der Waals surface area contributed by atoms with Crippen molar-refractivity contribution in [3.05, 3.63) is 174 Å². The minimum Gasteiger partial charge on any atom is -1.00 e. The maximum absolute atomic E-state index is 12.1. The molecule has 4 aromatic carbocycles. The monoisotopic (exact) mass is 1430 g/mol. The van der Waals surface area contributed by atoms with Gasteiger partial charge in [-0.3, -0.25) is 43.6 Å². The third-order valence-electron chi connectivity index (χ3n) is 11.1. The predicted molar refractivity (Wildman–Crippen MR) is 340 cm³/mol. The predicted octanol–water partition coefficient (Wildman–Crippen LogP) is -21.7. The van der Waals surface area contributed by atoms with Crippen LogP contribution in [0.1, 0.15) is 71.5 Å². The fraction of sp³-hybridized carbons (Fsp3) is 0.359. The van der Waals surface area contributed by atoms with Crippen LogP contribution in [-0.4, -0.2) is 194 Å². The Hall–Kier alpha value is -2.05. The smallest absolute Gasteiger partial charge is 1.00 e. The van der Waals surface area contributed by atoms with Crippen LogP contribution in [0.4, 0.5) is 0 Å². The number of aldehydes is 1. The summed E-state index contributed by atoms with van der Waals surface area (Å²) in [5.41, 5.74) is 23.1. The molecular weight excluding hydrogens is 1340 g/mol. The SMILES string of the molecule is C=Cc1ccc(C=O)cc1.C=Cc1ccc(CN(CCN(CC(=O)OCC)CC(=O)OCC)CC(=O)OCC)cc1.C=Cc1ccc(CN(CCN(CC(=O)[O-])CC(=O)[O-])CC(=O)[O-])cc1.C=Cc1ccc(CNCCN)cc1.NCCN.O=CO[O-].[B].[C-]#N.[H-].[Na+].[Na+].[Na+].[Na+].[Na+].[Na+].[Na+].[OH-]. The first-order chi connectivity index (χ1) is 42.8. The van der Waals surface area contributed by atoms with Crippen molar-refractivity contribution in [2.24, 2.45) is 17.2 Å². The Morgan fingerprint density at radius 3 is 0.969 bits per heavy atom. The number of carbonyl (C=O) groups excluding carboxylic acids is 8. The summed E-state index contributed by atoms with van der Waals surface area (Å²) in [5, 5.41) is 50.2. The molecule has 0 aliphatic carbocycles. The Balaban J connectivity index is -0.0000000884. The van der Waals surface area contributed by atoms with Crippen LogP contribution >= 0.6 is 0 Å². The Morgan fingerprint density at radius 2 is 0.714 bits per heavy atom. The molecule has 0 unspecified atom stereocenters. The average Bonchev–Trinajstić information content (AvgIpc) is 1.01. The summed E-state index contributed by atoms with van der Waals surface area (Å²) in [6, 6.07) is 30.7. The summed E-state index contributed by atoms with van der Waals surface area (Å²) in [4.78, 5) is 95.9. The second kappa shape index (κ2) is 85.6. The molecule has 8 N–H and O–H groups in total. The van der Waals surface area contributed by atoms with Crippen LogP contribution in [0.15, 0.2) is 123 Å². The number of hydrogen-bond acceptors (Lipinski definition) is 26. The molecule has 0 aromatic heterocycles. The molecule has 0 fully saturated rings. The van der Waals surface area contributed by atoms with Crippen LogP contribution in [0, 0.1) is 11.8 Å². The van der Waals surface area contributed by atoms with E-state index >= 15 is 0 Å². The number of carboxylic acids is 3. The number of rotatable bonds is 36. The maximum atomic E-state index is 12.1. The molecule has 501 valence electrons. The van der Waals surface area contributed by atoms with Gasteiger partial charge in [-0.15, -0.1) is 0 Å². The van der Waals surface area contributed by atoms with Gasteiger partial charge < -0.3 is 95.3 Å². The molecule has 0 aliphatic rings. The first-order valence-electron chi connectivity index (χ1n) is 27.8. The Morgan fingerprint density at radius 1 is 0.469 bits per heavy atom. The zero-order valence-electron chi connectivity index (χ0n) is 60.2. The van der Waals surface area contributed by atoms with Gasteiger partial charge in [0.05, 0.1) is 57.4 Å². The molecule has 34 heteroatoms. The van der Waals surface area contributed by atoms with E-state index in [1.54, 1.807) is 56.0 Å². The molecule has 4 rings (SSSR count). The van der Waals surface area contributed by atoms with E-state index in [4.69, 9.17) is 53.3 Å². The summed E-state index contributed by atoms with van der Waals surface area (Å²) in [5.74, 6) is -5.28. The zero-order chi connectivity index (χ0) is 67.6.